The number of aromatic nitrogens is 1. The first-order chi connectivity index (χ1) is 18.8. The number of benzene rings is 2. The van der Waals surface area contributed by atoms with E-state index in [2.05, 4.69) is 10.3 Å². The summed E-state index contributed by atoms with van der Waals surface area (Å²) in [5.74, 6) is -14.9. The molecule has 1 saturated heterocycles. The van der Waals surface area contributed by atoms with E-state index in [1.54, 1.807) is 0 Å². The van der Waals surface area contributed by atoms with Crippen LogP contribution in [0.1, 0.15) is 32.8 Å². The Bertz CT molecular complexity index is 1690. The molecule has 208 valence electrons. The molecule has 3 amide bonds. The van der Waals surface area contributed by atoms with Crippen molar-refractivity contribution in [2.75, 3.05) is 11.4 Å². The number of pyridine rings is 1. The number of imide groups is 1. The smallest absolute Gasteiger partial charge is 0.259 e. The zero-order valence-electron chi connectivity index (χ0n) is 19.7. The molecule has 0 spiro atoms. The van der Waals surface area contributed by atoms with E-state index in [-0.39, 0.29) is 40.5 Å². The largest absolute Gasteiger partial charge is 0.305 e. The number of carbonyl (C=O) groups is 3. The minimum absolute atomic E-state index is 0.0323. The van der Waals surface area contributed by atoms with E-state index < -0.39 is 74.3 Å². The third kappa shape index (κ3) is 4.39. The summed E-state index contributed by atoms with van der Waals surface area (Å²) < 4.78 is 96.3. The molecule has 40 heavy (non-hydrogen) atoms. The molecule has 3 heterocycles. The maximum absolute atomic E-state index is 14.4. The van der Waals surface area contributed by atoms with Gasteiger partial charge in [0.2, 0.25) is 21.7 Å². The van der Waals surface area contributed by atoms with Crippen molar-refractivity contribution in [1.82, 2.24) is 14.6 Å². The predicted molar refractivity (Wildman–Crippen MR) is 127 cm³/mol. The lowest BCUT2D eigenvalue weighted by Gasteiger charge is -2.41. The first-order valence-electron chi connectivity index (χ1n) is 11.3. The fraction of sp³-hybridized carbons (Fsp3) is 0.167. The minimum atomic E-state index is -5.39. The lowest BCUT2D eigenvalue weighted by molar-refractivity contribution is -0.125. The highest BCUT2D eigenvalue weighted by molar-refractivity contribution is 7.89. The molecule has 1 fully saturated rings. The van der Waals surface area contributed by atoms with Gasteiger partial charge in [-0.25, -0.2) is 30.4 Å². The van der Waals surface area contributed by atoms with Crippen molar-refractivity contribution in [3.8, 4) is 0 Å². The van der Waals surface area contributed by atoms with Gasteiger partial charge in [0.15, 0.2) is 28.2 Å². The first kappa shape index (κ1) is 27.6. The van der Waals surface area contributed by atoms with Crippen molar-refractivity contribution in [2.24, 2.45) is 0 Å². The SMILES string of the molecule is O=C1NC(=O)c2cc(N(Cc3ccc(Cl)cn3)C(=O)[C@H]3CCN3S(=O)(=O)c3c(F)c(F)c(F)c(F)c3F)ccc21. The van der Waals surface area contributed by atoms with Crippen molar-refractivity contribution in [1.29, 1.82) is 0 Å². The molecule has 5 rings (SSSR count). The summed E-state index contributed by atoms with van der Waals surface area (Å²) in [7, 11) is -5.39. The van der Waals surface area contributed by atoms with Crippen LogP contribution in [0.2, 0.25) is 5.02 Å². The third-order valence-corrected chi connectivity index (χ3v) is 8.55. The Kier molecular flexibility index (Phi) is 6.84. The second-order valence-corrected chi connectivity index (χ2v) is 11.0. The zero-order chi connectivity index (χ0) is 29.1. The van der Waals surface area contributed by atoms with Gasteiger partial charge in [-0.05, 0) is 36.8 Å². The number of carbonyl (C=O) groups excluding carboxylic acids is 3. The van der Waals surface area contributed by atoms with Crippen LogP contribution in [0.15, 0.2) is 41.4 Å². The first-order valence-corrected chi connectivity index (χ1v) is 13.1. The van der Waals surface area contributed by atoms with Crippen LogP contribution in [-0.2, 0) is 21.4 Å². The van der Waals surface area contributed by atoms with Gasteiger partial charge in [0.25, 0.3) is 11.8 Å². The normalized spacial score (nSPS) is 16.9. The van der Waals surface area contributed by atoms with Gasteiger partial charge in [-0.15, -0.1) is 0 Å². The van der Waals surface area contributed by atoms with Gasteiger partial charge < -0.3 is 4.90 Å². The van der Waals surface area contributed by atoms with Crippen molar-refractivity contribution in [2.45, 2.75) is 23.9 Å². The van der Waals surface area contributed by atoms with Crippen molar-refractivity contribution in [3.63, 3.8) is 0 Å². The lowest BCUT2D eigenvalue weighted by Crippen LogP contribution is -2.59. The van der Waals surface area contributed by atoms with E-state index in [9.17, 15) is 44.8 Å². The summed E-state index contributed by atoms with van der Waals surface area (Å²) >= 11 is 5.86. The van der Waals surface area contributed by atoms with Crippen LogP contribution in [0.5, 0.6) is 0 Å². The van der Waals surface area contributed by atoms with Crippen LogP contribution in [0.3, 0.4) is 0 Å². The topological polar surface area (TPSA) is 117 Å². The maximum Gasteiger partial charge on any atom is 0.259 e. The molecule has 2 aliphatic rings. The van der Waals surface area contributed by atoms with Crippen molar-refractivity contribution < 1.29 is 44.8 Å². The molecule has 1 N–H and O–H groups in total. The average Bonchev–Trinajstić information content (AvgIpc) is 3.17. The second-order valence-electron chi connectivity index (χ2n) is 8.72. The van der Waals surface area contributed by atoms with E-state index in [1.807, 2.05) is 0 Å². The maximum atomic E-state index is 14.4. The number of fused-ring (bicyclic) bond motifs is 1. The summed E-state index contributed by atoms with van der Waals surface area (Å²) in [6.45, 7) is -0.774. The van der Waals surface area contributed by atoms with Gasteiger partial charge in [0.1, 0.15) is 6.04 Å². The highest BCUT2D eigenvalue weighted by Gasteiger charge is 2.48. The molecular weight excluding hydrogens is 587 g/mol. The molecule has 0 bridgehead atoms. The summed E-state index contributed by atoms with van der Waals surface area (Å²) in [5.41, 5.74) is 0.256. The molecule has 16 heteroatoms. The molecule has 1 aromatic heterocycles. The molecule has 0 unspecified atom stereocenters. The molecular formula is C24H14ClF5N4O5S. The number of nitrogens with one attached hydrogen (secondary N) is 1. The Morgan fingerprint density at radius 3 is 2.17 bits per heavy atom. The molecule has 2 aliphatic heterocycles. The second kappa shape index (κ2) is 9.91. The van der Waals surface area contributed by atoms with E-state index in [1.165, 1.54) is 36.5 Å². The Labute approximate surface area is 227 Å². The number of anilines is 1. The Hall–Kier alpha value is -3.95. The number of hydrogen-bond acceptors (Lipinski definition) is 6. The number of sulfonamides is 1. The van der Waals surface area contributed by atoms with Crippen molar-refractivity contribution in [3.05, 3.63) is 87.5 Å². The molecule has 0 radical (unpaired) electrons. The average molecular weight is 601 g/mol. The lowest BCUT2D eigenvalue weighted by atomic mass is 10.0. The Morgan fingerprint density at radius 1 is 0.975 bits per heavy atom. The van der Waals surface area contributed by atoms with Crippen LogP contribution in [0.4, 0.5) is 27.6 Å². The van der Waals surface area contributed by atoms with Gasteiger partial charge in [-0.3, -0.25) is 24.7 Å². The van der Waals surface area contributed by atoms with E-state index in [0.717, 1.165) is 4.90 Å². The summed E-state index contributed by atoms with van der Waals surface area (Å²) in [6.07, 6.45) is 1.11. The summed E-state index contributed by atoms with van der Waals surface area (Å²) in [6, 6.07) is 5.10. The molecule has 9 nitrogen and oxygen atoms in total. The number of hydrogen-bond donors (Lipinski definition) is 1. The molecule has 2 aromatic carbocycles. The highest BCUT2D eigenvalue weighted by atomic mass is 35.5. The van der Waals surface area contributed by atoms with Gasteiger partial charge >= 0.3 is 0 Å². The predicted octanol–water partition coefficient (Wildman–Crippen LogP) is 3.31. The molecule has 1 atom stereocenters. The van der Waals surface area contributed by atoms with Crippen LogP contribution in [0, 0.1) is 29.1 Å². The van der Waals surface area contributed by atoms with Crippen molar-refractivity contribution >= 4 is 45.0 Å². The van der Waals surface area contributed by atoms with Gasteiger partial charge in [0, 0.05) is 18.4 Å². The summed E-state index contributed by atoms with van der Waals surface area (Å²) in [5, 5.41) is 2.36. The van der Waals surface area contributed by atoms with Crippen LogP contribution >= 0.6 is 11.6 Å². The van der Waals surface area contributed by atoms with Gasteiger partial charge in [-0.2, -0.15) is 4.31 Å². The monoisotopic (exact) mass is 600 g/mol. The van der Waals surface area contributed by atoms with Crippen LogP contribution in [0.25, 0.3) is 0 Å². The fourth-order valence-electron chi connectivity index (χ4n) is 4.29. The summed E-state index contributed by atoms with van der Waals surface area (Å²) in [4.78, 5) is 40.8. The number of amides is 3. The van der Waals surface area contributed by atoms with E-state index in [0.29, 0.717) is 4.31 Å². The highest BCUT2D eigenvalue weighted by Crippen LogP contribution is 2.35. The van der Waals surface area contributed by atoms with E-state index in [4.69, 9.17) is 11.6 Å². The van der Waals surface area contributed by atoms with E-state index >= 15 is 0 Å². The molecule has 3 aromatic rings. The van der Waals surface area contributed by atoms with Gasteiger partial charge in [0.05, 0.1) is 28.4 Å². The number of nitrogens with zero attached hydrogens (tertiary/aromatic N) is 3. The molecule has 0 aliphatic carbocycles. The van der Waals surface area contributed by atoms with Crippen LogP contribution in [-0.4, -0.2) is 48.0 Å². The van der Waals surface area contributed by atoms with Crippen LogP contribution < -0.4 is 10.2 Å². The third-order valence-electron chi connectivity index (χ3n) is 6.40. The molecule has 0 saturated carbocycles. The number of halogens is 6. The zero-order valence-corrected chi connectivity index (χ0v) is 21.3. The standard InChI is InChI=1S/C24H14ClF5N4O5S/c25-10-1-2-11(31-8-10)9-33(12-3-4-13-14(7-12)23(36)32-22(13)35)24(37)15-5-6-34(15)40(38,39)21-19(29)17(27)16(26)18(28)20(21)30/h1-4,7-8,15H,5-6,9H2,(H,32,35,36)/t15-/m1/s1. The van der Waals surface area contributed by atoms with Gasteiger partial charge in [-0.1, -0.05) is 11.6 Å². The Balaban J connectivity index is 1.54. The fourth-order valence-corrected chi connectivity index (χ4v) is 6.14. The number of rotatable bonds is 6. The quantitative estimate of drug-likeness (QED) is 0.201. The minimum Gasteiger partial charge on any atom is -0.305 e. The Morgan fingerprint density at radius 2 is 1.60 bits per heavy atom.